The van der Waals surface area contributed by atoms with Crippen molar-refractivity contribution < 1.29 is 24.5 Å². The Morgan fingerprint density at radius 2 is 1.68 bits per heavy atom. The standard InChI is InChI=1S/C13H9NO5/c15-12(16)9-6-7-14-10(13(17)18)11(9)19-8-4-2-1-3-5-8/h1-7H,(H,15,16)(H,17,18). The molecule has 0 saturated heterocycles. The molecule has 0 unspecified atom stereocenters. The number of rotatable bonds is 4. The van der Waals surface area contributed by atoms with Gasteiger partial charge in [-0.3, -0.25) is 0 Å². The second kappa shape index (κ2) is 5.18. The molecule has 0 atom stereocenters. The maximum atomic E-state index is 11.1. The number of ether oxygens (including phenoxy) is 1. The van der Waals surface area contributed by atoms with E-state index < -0.39 is 17.6 Å². The lowest BCUT2D eigenvalue weighted by Crippen LogP contribution is -2.09. The van der Waals surface area contributed by atoms with E-state index in [1.54, 1.807) is 30.3 Å². The van der Waals surface area contributed by atoms with Gasteiger partial charge < -0.3 is 14.9 Å². The van der Waals surface area contributed by atoms with E-state index in [0.717, 1.165) is 6.20 Å². The van der Waals surface area contributed by atoms with E-state index in [1.807, 2.05) is 0 Å². The van der Waals surface area contributed by atoms with Crippen molar-refractivity contribution in [3.8, 4) is 11.5 Å². The Balaban J connectivity index is 2.52. The lowest BCUT2D eigenvalue weighted by Gasteiger charge is -2.10. The predicted octanol–water partition coefficient (Wildman–Crippen LogP) is 2.27. The van der Waals surface area contributed by atoms with Crippen LogP contribution in [0.25, 0.3) is 0 Å². The van der Waals surface area contributed by atoms with E-state index in [4.69, 9.17) is 14.9 Å². The van der Waals surface area contributed by atoms with Crippen molar-refractivity contribution in [3.05, 3.63) is 53.9 Å². The number of hydrogen-bond acceptors (Lipinski definition) is 4. The van der Waals surface area contributed by atoms with Crippen LogP contribution in [0, 0.1) is 0 Å². The first kappa shape index (κ1) is 12.6. The fourth-order valence-electron chi connectivity index (χ4n) is 1.48. The van der Waals surface area contributed by atoms with Crippen LogP contribution in [0.4, 0.5) is 0 Å². The summed E-state index contributed by atoms with van der Waals surface area (Å²) < 4.78 is 5.34. The first-order valence-electron chi connectivity index (χ1n) is 5.28. The first-order chi connectivity index (χ1) is 9.09. The van der Waals surface area contributed by atoms with Crippen LogP contribution in [0.1, 0.15) is 20.8 Å². The van der Waals surface area contributed by atoms with Gasteiger partial charge in [0, 0.05) is 6.20 Å². The Labute approximate surface area is 107 Å². The quantitative estimate of drug-likeness (QED) is 0.874. The van der Waals surface area contributed by atoms with Gasteiger partial charge in [-0.05, 0) is 18.2 Å². The van der Waals surface area contributed by atoms with Gasteiger partial charge in [0.1, 0.15) is 11.3 Å². The SMILES string of the molecule is O=C(O)c1ccnc(C(=O)O)c1Oc1ccccc1. The monoisotopic (exact) mass is 259 g/mol. The molecule has 1 heterocycles. The highest BCUT2D eigenvalue weighted by atomic mass is 16.5. The predicted molar refractivity (Wildman–Crippen MR) is 64.7 cm³/mol. The third-order valence-electron chi connectivity index (χ3n) is 2.30. The number of carbonyl (C=O) groups is 2. The van der Waals surface area contributed by atoms with Crippen LogP contribution in [0.2, 0.25) is 0 Å². The second-order valence-corrected chi connectivity index (χ2v) is 3.56. The number of pyridine rings is 1. The molecular weight excluding hydrogens is 250 g/mol. The van der Waals surface area contributed by atoms with Crippen molar-refractivity contribution in [1.29, 1.82) is 0 Å². The molecule has 0 amide bonds. The molecule has 2 rings (SSSR count). The molecule has 0 fully saturated rings. The van der Waals surface area contributed by atoms with Crippen molar-refractivity contribution >= 4 is 11.9 Å². The Kier molecular flexibility index (Phi) is 3.42. The lowest BCUT2D eigenvalue weighted by molar-refractivity contribution is 0.0686. The van der Waals surface area contributed by atoms with Gasteiger partial charge in [-0.15, -0.1) is 0 Å². The number of hydrogen-bond donors (Lipinski definition) is 2. The molecule has 96 valence electrons. The Morgan fingerprint density at radius 3 is 2.26 bits per heavy atom. The van der Waals surface area contributed by atoms with Crippen LogP contribution in [0.15, 0.2) is 42.6 Å². The molecule has 19 heavy (non-hydrogen) atoms. The van der Waals surface area contributed by atoms with Crippen LogP contribution in [0.5, 0.6) is 11.5 Å². The molecule has 1 aromatic carbocycles. The van der Waals surface area contributed by atoms with Gasteiger partial charge in [0.05, 0.1) is 0 Å². The summed E-state index contributed by atoms with van der Waals surface area (Å²) in [6, 6.07) is 9.49. The Hall–Kier alpha value is -2.89. The maximum Gasteiger partial charge on any atom is 0.358 e. The second-order valence-electron chi connectivity index (χ2n) is 3.56. The van der Waals surface area contributed by atoms with Gasteiger partial charge in [0.25, 0.3) is 0 Å². The van der Waals surface area contributed by atoms with Crippen molar-refractivity contribution in [2.75, 3.05) is 0 Å². The maximum absolute atomic E-state index is 11.1. The number of carboxylic acids is 2. The average Bonchev–Trinajstić information content (AvgIpc) is 2.39. The summed E-state index contributed by atoms with van der Waals surface area (Å²) in [5, 5.41) is 18.1. The van der Waals surface area contributed by atoms with Gasteiger partial charge in [0.15, 0.2) is 11.4 Å². The molecule has 1 aromatic heterocycles. The number of benzene rings is 1. The lowest BCUT2D eigenvalue weighted by atomic mass is 10.2. The number of aromatic nitrogens is 1. The van der Waals surface area contributed by atoms with Crippen LogP contribution < -0.4 is 4.74 Å². The van der Waals surface area contributed by atoms with Gasteiger partial charge in [-0.25, -0.2) is 14.6 Å². The summed E-state index contributed by atoms with van der Waals surface area (Å²) in [7, 11) is 0. The molecule has 0 aliphatic carbocycles. The summed E-state index contributed by atoms with van der Waals surface area (Å²) >= 11 is 0. The number of nitrogens with zero attached hydrogens (tertiary/aromatic N) is 1. The first-order valence-corrected chi connectivity index (χ1v) is 5.28. The zero-order valence-electron chi connectivity index (χ0n) is 9.61. The number of carboxylic acid groups (broad SMARTS) is 2. The van der Waals surface area contributed by atoms with Crippen molar-refractivity contribution in [1.82, 2.24) is 4.98 Å². The highest BCUT2D eigenvalue weighted by Gasteiger charge is 2.21. The summed E-state index contributed by atoms with van der Waals surface area (Å²) in [6.07, 6.45) is 1.12. The fourth-order valence-corrected chi connectivity index (χ4v) is 1.48. The molecule has 0 bridgehead atoms. The van der Waals surface area contributed by atoms with Gasteiger partial charge in [-0.1, -0.05) is 18.2 Å². The number of aromatic carboxylic acids is 2. The summed E-state index contributed by atoms with van der Waals surface area (Å²) in [4.78, 5) is 25.8. The largest absolute Gasteiger partial charge is 0.478 e. The summed E-state index contributed by atoms with van der Waals surface area (Å²) in [5.41, 5.74) is -0.694. The van der Waals surface area contributed by atoms with E-state index in [1.165, 1.54) is 6.07 Å². The van der Waals surface area contributed by atoms with Crippen LogP contribution in [-0.4, -0.2) is 27.1 Å². The van der Waals surface area contributed by atoms with Gasteiger partial charge >= 0.3 is 11.9 Å². The molecule has 0 aliphatic heterocycles. The Morgan fingerprint density at radius 1 is 1.00 bits per heavy atom. The van der Waals surface area contributed by atoms with Crippen molar-refractivity contribution in [2.24, 2.45) is 0 Å². The molecule has 0 aliphatic rings. The average molecular weight is 259 g/mol. The molecular formula is C13H9NO5. The van der Waals surface area contributed by atoms with E-state index in [2.05, 4.69) is 4.98 Å². The summed E-state index contributed by atoms with van der Waals surface area (Å²) in [5.74, 6) is -2.58. The number of para-hydroxylation sites is 1. The van der Waals surface area contributed by atoms with E-state index in [9.17, 15) is 9.59 Å². The highest BCUT2D eigenvalue weighted by Crippen LogP contribution is 2.28. The molecule has 0 saturated carbocycles. The Bertz CT molecular complexity index is 592. The normalized spacial score (nSPS) is 9.89. The third-order valence-corrected chi connectivity index (χ3v) is 2.30. The molecule has 2 aromatic rings. The minimum Gasteiger partial charge on any atom is -0.478 e. The van der Waals surface area contributed by atoms with Crippen molar-refractivity contribution in [3.63, 3.8) is 0 Å². The smallest absolute Gasteiger partial charge is 0.358 e. The topological polar surface area (TPSA) is 96.7 Å². The van der Waals surface area contributed by atoms with E-state index >= 15 is 0 Å². The minimum atomic E-state index is -1.35. The van der Waals surface area contributed by atoms with E-state index in [-0.39, 0.29) is 11.3 Å². The van der Waals surface area contributed by atoms with Crippen LogP contribution in [0.3, 0.4) is 0 Å². The zero-order valence-corrected chi connectivity index (χ0v) is 9.61. The molecule has 0 radical (unpaired) electrons. The minimum absolute atomic E-state index is 0.253. The third kappa shape index (κ3) is 2.68. The van der Waals surface area contributed by atoms with Crippen LogP contribution >= 0.6 is 0 Å². The van der Waals surface area contributed by atoms with Gasteiger partial charge in [0.2, 0.25) is 0 Å². The molecule has 0 spiro atoms. The molecule has 6 nitrogen and oxygen atoms in total. The van der Waals surface area contributed by atoms with Crippen LogP contribution in [-0.2, 0) is 0 Å². The van der Waals surface area contributed by atoms with E-state index in [0.29, 0.717) is 5.75 Å². The summed E-state index contributed by atoms with van der Waals surface area (Å²) in [6.45, 7) is 0. The highest BCUT2D eigenvalue weighted by molar-refractivity contribution is 5.97. The zero-order chi connectivity index (χ0) is 13.8. The molecule has 6 heteroatoms. The molecule has 2 N–H and O–H groups in total. The van der Waals surface area contributed by atoms with Gasteiger partial charge in [-0.2, -0.15) is 0 Å². The van der Waals surface area contributed by atoms with Crippen molar-refractivity contribution in [2.45, 2.75) is 0 Å². The fraction of sp³-hybridized carbons (Fsp3) is 0.